The Bertz CT molecular complexity index is 1590. The first-order valence-electron chi connectivity index (χ1n) is 15.7. The number of carbonyl (C=O) groups is 2. The second-order valence-electron chi connectivity index (χ2n) is 11.5. The summed E-state index contributed by atoms with van der Waals surface area (Å²) in [5.74, 6) is -2.02. The van der Waals surface area contributed by atoms with Crippen molar-refractivity contribution in [2.24, 2.45) is 5.73 Å². The number of benzene rings is 3. The SMILES string of the molecule is CCCN(CCC)C(=O)c1cc(C(=O)N(Cc2cccc(CC)c2)C[C@@H](O)[C@@H](N)Cc2cc(F)cc(F)c2)cc(-c2nccs2)c1. The average Bonchev–Trinajstić information content (AvgIpc) is 3.58. The molecule has 2 atom stereocenters. The molecule has 4 aromatic rings. The van der Waals surface area contributed by atoms with Gasteiger partial charge < -0.3 is 20.6 Å². The van der Waals surface area contributed by atoms with E-state index in [1.54, 1.807) is 29.3 Å². The molecule has 0 bridgehead atoms. The van der Waals surface area contributed by atoms with E-state index in [0.717, 1.165) is 36.5 Å². The quantitative estimate of drug-likeness (QED) is 0.154. The topological polar surface area (TPSA) is 99.8 Å². The number of amides is 2. The highest BCUT2D eigenvalue weighted by Crippen LogP contribution is 2.27. The highest BCUT2D eigenvalue weighted by Gasteiger charge is 2.26. The number of nitrogens with two attached hydrogens (primary N) is 1. The molecule has 0 aliphatic carbocycles. The van der Waals surface area contributed by atoms with Gasteiger partial charge in [0.15, 0.2) is 0 Å². The Kier molecular flexibility index (Phi) is 12.5. The first kappa shape index (κ1) is 34.9. The van der Waals surface area contributed by atoms with Crippen LogP contribution in [-0.2, 0) is 19.4 Å². The minimum absolute atomic E-state index is 0.00602. The van der Waals surface area contributed by atoms with E-state index in [9.17, 15) is 23.5 Å². The summed E-state index contributed by atoms with van der Waals surface area (Å²) in [5.41, 5.74) is 9.91. The molecule has 0 spiro atoms. The lowest BCUT2D eigenvalue weighted by atomic mass is 10.00. The van der Waals surface area contributed by atoms with Crippen LogP contribution in [0, 0.1) is 11.6 Å². The van der Waals surface area contributed by atoms with Gasteiger partial charge in [0, 0.05) is 66.6 Å². The Morgan fingerprint density at radius 1 is 0.870 bits per heavy atom. The zero-order valence-corrected chi connectivity index (χ0v) is 27.4. The largest absolute Gasteiger partial charge is 0.390 e. The van der Waals surface area contributed by atoms with E-state index in [1.807, 2.05) is 50.4 Å². The molecule has 0 radical (unpaired) electrons. The van der Waals surface area contributed by atoms with Crippen molar-refractivity contribution in [1.29, 1.82) is 0 Å². The number of halogens is 2. The molecular weight excluding hydrogens is 606 g/mol. The molecule has 0 saturated carbocycles. The van der Waals surface area contributed by atoms with Crippen molar-refractivity contribution in [3.8, 4) is 10.6 Å². The molecule has 0 aliphatic heterocycles. The van der Waals surface area contributed by atoms with Gasteiger partial charge in [0.25, 0.3) is 11.8 Å². The van der Waals surface area contributed by atoms with Crippen molar-refractivity contribution in [1.82, 2.24) is 14.8 Å². The Hall–Kier alpha value is -3.99. The van der Waals surface area contributed by atoms with E-state index in [4.69, 9.17) is 5.73 Å². The Morgan fingerprint density at radius 3 is 2.09 bits per heavy atom. The van der Waals surface area contributed by atoms with E-state index in [1.165, 1.54) is 28.4 Å². The molecule has 1 aromatic heterocycles. The summed E-state index contributed by atoms with van der Waals surface area (Å²) in [6.07, 6.45) is 2.88. The fraction of sp³-hybridized carbons (Fsp3) is 0.361. The van der Waals surface area contributed by atoms with Crippen LogP contribution in [-0.4, -0.2) is 63.5 Å². The highest BCUT2D eigenvalue weighted by atomic mass is 32.1. The van der Waals surface area contributed by atoms with Crippen LogP contribution in [0.3, 0.4) is 0 Å². The normalized spacial score (nSPS) is 12.5. The maximum Gasteiger partial charge on any atom is 0.254 e. The third kappa shape index (κ3) is 9.28. The van der Waals surface area contributed by atoms with Crippen molar-refractivity contribution in [2.45, 2.75) is 65.1 Å². The molecule has 4 rings (SSSR count). The van der Waals surface area contributed by atoms with E-state index < -0.39 is 29.7 Å². The van der Waals surface area contributed by atoms with E-state index in [-0.39, 0.29) is 31.0 Å². The van der Waals surface area contributed by atoms with Crippen LogP contribution in [0.2, 0.25) is 0 Å². The van der Waals surface area contributed by atoms with Crippen LogP contribution >= 0.6 is 11.3 Å². The van der Waals surface area contributed by atoms with Crippen LogP contribution in [0.15, 0.2) is 72.2 Å². The number of hydrogen-bond donors (Lipinski definition) is 2. The molecule has 0 saturated heterocycles. The van der Waals surface area contributed by atoms with Crippen molar-refractivity contribution >= 4 is 23.2 Å². The van der Waals surface area contributed by atoms with Gasteiger partial charge >= 0.3 is 0 Å². The van der Waals surface area contributed by atoms with Crippen molar-refractivity contribution in [3.05, 3.63) is 112 Å². The van der Waals surface area contributed by atoms with Crippen LogP contribution in [0.1, 0.15) is 71.0 Å². The van der Waals surface area contributed by atoms with Crippen LogP contribution in [0.25, 0.3) is 10.6 Å². The highest BCUT2D eigenvalue weighted by molar-refractivity contribution is 7.13. The Balaban J connectivity index is 1.70. The summed E-state index contributed by atoms with van der Waals surface area (Å²) in [7, 11) is 0. The summed E-state index contributed by atoms with van der Waals surface area (Å²) in [6, 6.07) is 15.2. The third-order valence-electron chi connectivity index (χ3n) is 7.74. The van der Waals surface area contributed by atoms with Gasteiger partial charge in [-0.2, -0.15) is 0 Å². The average molecular weight is 649 g/mol. The molecule has 7 nitrogen and oxygen atoms in total. The van der Waals surface area contributed by atoms with Crippen LogP contribution in [0.5, 0.6) is 0 Å². The van der Waals surface area contributed by atoms with Gasteiger partial charge in [-0.15, -0.1) is 11.3 Å². The number of aliphatic hydroxyl groups is 1. The molecule has 2 amide bonds. The van der Waals surface area contributed by atoms with Crippen molar-refractivity contribution in [2.75, 3.05) is 19.6 Å². The number of thiazole rings is 1. The summed E-state index contributed by atoms with van der Waals surface area (Å²) < 4.78 is 27.6. The number of nitrogens with zero attached hydrogens (tertiary/aromatic N) is 3. The van der Waals surface area contributed by atoms with Gasteiger partial charge in [-0.1, -0.05) is 45.0 Å². The molecule has 10 heteroatoms. The molecule has 3 N–H and O–H groups in total. The summed E-state index contributed by atoms with van der Waals surface area (Å²) >= 11 is 1.41. The van der Waals surface area contributed by atoms with Gasteiger partial charge in [0.05, 0.1) is 6.10 Å². The van der Waals surface area contributed by atoms with Crippen molar-refractivity contribution in [3.63, 3.8) is 0 Å². The zero-order chi connectivity index (χ0) is 33.2. The molecule has 0 unspecified atom stereocenters. The fourth-order valence-corrected chi connectivity index (χ4v) is 6.10. The van der Waals surface area contributed by atoms with E-state index in [2.05, 4.69) is 4.98 Å². The molecule has 0 fully saturated rings. The fourth-order valence-electron chi connectivity index (χ4n) is 5.47. The first-order chi connectivity index (χ1) is 22.1. The lowest BCUT2D eigenvalue weighted by Crippen LogP contribution is -2.46. The zero-order valence-electron chi connectivity index (χ0n) is 26.6. The Morgan fingerprint density at radius 2 is 1.50 bits per heavy atom. The Labute approximate surface area is 273 Å². The van der Waals surface area contributed by atoms with Crippen LogP contribution in [0.4, 0.5) is 8.78 Å². The minimum atomic E-state index is -1.21. The number of hydrogen-bond acceptors (Lipinski definition) is 6. The maximum absolute atomic E-state index is 14.4. The van der Waals surface area contributed by atoms with Gasteiger partial charge in [-0.25, -0.2) is 13.8 Å². The second-order valence-corrected chi connectivity index (χ2v) is 12.4. The first-order valence-corrected chi connectivity index (χ1v) is 16.6. The molecule has 3 aromatic carbocycles. The number of aromatic nitrogens is 1. The number of rotatable bonds is 15. The second kappa shape index (κ2) is 16.5. The monoisotopic (exact) mass is 648 g/mol. The summed E-state index contributed by atoms with van der Waals surface area (Å²) in [5, 5.41) is 13.7. The number of carbonyl (C=O) groups excluding carboxylic acids is 2. The maximum atomic E-state index is 14.4. The predicted molar refractivity (Wildman–Crippen MR) is 179 cm³/mol. The standard InChI is InChI=1S/C36H42F2N4O3S/c1-4-11-41(12-5-2)35(44)28-18-27(34-40-10-13-46-34)19-29(20-28)36(45)42(22-25-9-7-8-24(6-3)14-25)23-33(43)32(39)17-26-15-30(37)21-31(38)16-26/h7-10,13-16,18-21,32-33,43H,4-6,11-12,17,22-23,39H2,1-3H3/t32-,33+/m0/s1. The lowest BCUT2D eigenvalue weighted by molar-refractivity contribution is 0.0554. The molecule has 1 heterocycles. The smallest absolute Gasteiger partial charge is 0.254 e. The van der Waals surface area contributed by atoms with Crippen LogP contribution < -0.4 is 5.73 Å². The molecular formula is C36H42F2N4O3S. The summed E-state index contributed by atoms with van der Waals surface area (Å²) in [6.45, 7) is 7.30. The van der Waals surface area contributed by atoms with Gasteiger partial charge in [0.2, 0.25) is 0 Å². The summed E-state index contributed by atoms with van der Waals surface area (Å²) in [4.78, 5) is 35.8. The molecule has 46 heavy (non-hydrogen) atoms. The molecule has 0 aliphatic rings. The molecule has 244 valence electrons. The van der Waals surface area contributed by atoms with E-state index >= 15 is 0 Å². The lowest BCUT2D eigenvalue weighted by Gasteiger charge is -2.29. The third-order valence-corrected chi connectivity index (χ3v) is 8.56. The van der Waals surface area contributed by atoms with E-state index in [0.29, 0.717) is 34.8 Å². The van der Waals surface area contributed by atoms with Gasteiger partial charge in [-0.05, 0) is 72.7 Å². The van der Waals surface area contributed by atoms with Crippen molar-refractivity contribution < 1.29 is 23.5 Å². The number of aryl methyl sites for hydroxylation is 1. The predicted octanol–water partition coefficient (Wildman–Crippen LogP) is 6.49. The number of aliphatic hydroxyl groups excluding tert-OH is 1. The van der Waals surface area contributed by atoms with Gasteiger partial charge in [-0.3, -0.25) is 9.59 Å². The minimum Gasteiger partial charge on any atom is -0.390 e. The van der Waals surface area contributed by atoms with Gasteiger partial charge in [0.1, 0.15) is 16.6 Å².